The molecular weight excluding hydrogens is 487 g/mol. The average Bonchev–Trinajstić information content (AvgIpc) is 2.65. The Morgan fingerprint density at radius 3 is 2.54 bits per heavy atom. The Labute approximate surface area is 189 Å². The van der Waals surface area contributed by atoms with Gasteiger partial charge in [0.05, 0.1) is 0 Å². The van der Waals surface area contributed by atoms with Crippen molar-refractivity contribution in [3.8, 4) is 0 Å². The predicted molar refractivity (Wildman–Crippen MR) is 129 cm³/mol. The van der Waals surface area contributed by atoms with Gasteiger partial charge in [0.1, 0.15) is 0 Å². The van der Waals surface area contributed by atoms with Crippen LogP contribution in [0.2, 0.25) is 5.02 Å². The van der Waals surface area contributed by atoms with Gasteiger partial charge < -0.3 is 15.2 Å². The summed E-state index contributed by atoms with van der Waals surface area (Å²) in [6, 6.07) is 13.3. The molecule has 0 aliphatic heterocycles. The van der Waals surface area contributed by atoms with Crippen molar-refractivity contribution in [1.29, 1.82) is 0 Å². The van der Waals surface area contributed by atoms with Gasteiger partial charge >= 0.3 is 0 Å². The van der Waals surface area contributed by atoms with Crippen LogP contribution in [0.5, 0.6) is 0 Å². The Balaban J connectivity index is 0.00000392. The van der Waals surface area contributed by atoms with Crippen molar-refractivity contribution in [2.75, 3.05) is 19.6 Å². The molecule has 0 radical (unpaired) electrons. The maximum absolute atomic E-state index is 11.9. The van der Waals surface area contributed by atoms with Crippen molar-refractivity contribution in [2.24, 2.45) is 4.99 Å². The molecule has 1 heterocycles. The number of benzene rings is 1. The molecule has 5 nitrogen and oxygen atoms in total. The van der Waals surface area contributed by atoms with Crippen molar-refractivity contribution in [2.45, 2.75) is 39.7 Å². The van der Waals surface area contributed by atoms with Gasteiger partial charge in [-0.3, -0.25) is 9.79 Å². The second-order valence-corrected chi connectivity index (χ2v) is 6.86. The summed E-state index contributed by atoms with van der Waals surface area (Å²) in [7, 11) is 0. The molecule has 0 bridgehead atoms. The lowest BCUT2D eigenvalue weighted by Crippen LogP contribution is -2.38. The first-order chi connectivity index (χ1) is 13.1. The number of aliphatic imine (C=N–C) groups is 1. The van der Waals surface area contributed by atoms with E-state index in [1.807, 2.05) is 41.8 Å². The van der Waals surface area contributed by atoms with E-state index in [1.165, 1.54) is 5.56 Å². The summed E-state index contributed by atoms with van der Waals surface area (Å²) in [5.74, 6) is 0.833. The molecule has 0 aliphatic carbocycles. The van der Waals surface area contributed by atoms with Crippen molar-refractivity contribution >= 4 is 41.5 Å². The lowest BCUT2D eigenvalue weighted by Gasteiger charge is -2.12. The molecule has 0 amide bonds. The first-order valence-electron chi connectivity index (χ1n) is 9.53. The summed E-state index contributed by atoms with van der Waals surface area (Å²) in [5, 5.41) is 7.39. The molecule has 2 N–H and O–H groups in total. The van der Waals surface area contributed by atoms with E-state index in [1.54, 1.807) is 12.1 Å². The Morgan fingerprint density at radius 1 is 1.11 bits per heavy atom. The van der Waals surface area contributed by atoms with E-state index in [0.29, 0.717) is 0 Å². The number of guanidine groups is 1. The van der Waals surface area contributed by atoms with Crippen molar-refractivity contribution in [1.82, 2.24) is 15.2 Å². The van der Waals surface area contributed by atoms with Crippen LogP contribution in [0.3, 0.4) is 0 Å². The molecular formula is C21H30ClIN4O. The molecule has 1 aromatic carbocycles. The molecule has 0 atom stereocenters. The van der Waals surface area contributed by atoms with E-state index >= 15 is 0 Å². The van der Waals surface area contributed by atoms with Crippen LogP contribution in [0.1, 0.15) is 31.0 Å². The highest BCUT2D eigenvalue weighted by molar-refractivity contribution is 14.0. The van der Waals surface area contributed by atoms with Crippen molar-refractivity contribution < 1.29 is 0 Å². The van der Waals surface area contributed by atoms with Gasteiger partial charge in [0.15, 0.2) is 5.96 Å². The van der Waals surface area contributed by atoms with Gasteiger partial charge in [0.2, 0.25) is 0 Å². The Kier molecular flexibility index (Phi) is 11.9. The summed E-state index contributed by atoms with van der Waals surface area (Å²) in [5.41, 5.74) is 2.31. The molecule has 0 aliphatic rings. The summed E-state index contributed by atoms with van der Waals surface area (Å²) in [6.07, 6.45) is 2.78. The van der Waals surface area contributed by atoms with E-state index in [0.717, 1.165) is 62.1 Å². The SMILES string of the molecule is CCNC(=NCCCCn1c(C)cccc1=O)NCCc1ccc(Cl)cc1.I. The molecule has 2 aromatic rings. The minimum Gasteiger partial charge on any atom is -0.357 e. The number of aryl methyl sites for hydroxylation is 1. The van der Waals surface area contributed by atoms with Crippen molar-refractivity contribution in [3.63, 3.8) is 0 Å². The van der Waals surface area contributed by atoms with Crippen LogP contribution in [0.25, 0.3) is 0 Å². The van der Waals surface area contributed by atoms with Crippen LogP contribution in [0, 0.1) is 6.92 Å². The fourth-order valence-electron chi connectivity index (χ4n) is 2.80. The highest BCUT2D eigenvalue weighted by Gasteiger charge is 2.00. The minimum absolute atomic E-state index is 0. The lowest BCUT2D eigenvalue weighted by molar-refractivity contribution is 0.585. The topological polar surface area (TPSA) is 58.4 Å². The number of pyridine rings is 1. The van der Waals surface area contributed by atoms with Gasteiger partial charge in [-0.2, -0.15) is 0 Å². The van der Waals surface area contributed by atoms with Crippen molar-refractivity contribution in [3.05, 3.63) is 69.1 Å². The maximum atomic E-state index is 11.9. The van der Waals surface area contributed by atoms with E-state index in [-0.39, 0.29) is 29.5 Å². The van der Waals surface area contributed by atoms with Gasteiger partial charge in [-0.25, -0.2) is 0 Å². The van der Waals surface area contributed by atoms with Crippen LogP contribution in [0.15, 0.2) is 52.3 Å². The number of hydrogen-bond acceptors (Lipinski definition) is 2. The number of halogens is 2. The molecule has 0 saturated heterocycles. The predicted octanol–water partition coefficient (Wildman–Crippen LogP) is 4.01. The molecule has 0 spiro atoms. The van der Waals surface area contributed by atoms with Gasteiger partial charge in [-0.05, 0) is 56.9 Å². The molecule has 0 fully saturated rings. The zero-order valence-corrected chi connectivity index (χ0v) is 19.7. The van der Waals surface area contributed by atoms with E-state index in [9.17, 15) is 4.79 Å². The molecule has 154 valence electrons. The molecule has 0 saturated carbocycles. The number of hydrogen-bond donors (Lipinski definition) is 2. The fourth-order valence-corrected chi connectivity index (χ4v) is 2.93. The summed E-state index contributed by atoms with van der Waals surface area (Å²) >= 11 is 5.91. The third kappa shape index (κ3) is 8.65. The first kappa shape index (κ1) is 24.5. The molecule has 1 aromatic heterocycles. The number of aromatic nitrogens is 1. The number of unbranched alkanes of at least 4 members (excludes halogenated alkanes) is 1. The standard InChI is InChI=1S/C21H29ClN4O.HI/c1-3-23-21(25-15-13-18-9-11-19(22)12-10-18)24-14-4-5-16-26-17(2)7-6-8-20(26)27;/h6-12H,3-5,13-16H2,1-2H3,(H2,23,24,25);1H. The first-order valence-corrected chi connectivity index (χ1v) is 9.91. The number of nitrogens with zero attached hydrogens (tertiary/aromatic N) is 2. The zero-order chi connectivity index (χ0) is 19.5. The minimum atomic E-state index is 0. The smallest absolute Gasteiger partial charge is 0.250 e. The van der Waals surface area contributed by atoms with E-state index in [2.05, 4.69) is 22.5 Å². The summed E-state index contributed by atoms with van der Waals surface area (Å²) in [6.45, 7) is 7.13. The van der Waals surface area contributed by atoms with Gasteiger partial charge in [0.25, 0.3) is 5.56 Å². The molecule has 7 heteroatoms. The van der Waals surface area contributed by atoms with Crippen LogP contribution >= 0.6 is 35.6 Å². The van der Waals surface area contributed by atoms with E-state index < -0.39 is 0 Å². The highest BCUT2D eigenvalue weighted by Crippen LogP contribution is 2.09. The summed E-state index contributed by atoms with van der Waals surface area (Å²) in [4.78, 5) is 16.5. The lowest BCUT2D eigenvalue weighted by atomic mass is 10.1. The second kappa shape index (κ2) is 13.6. The zero-order valence-electron chi connectivity index (χ0n) is 16.6. The highest BCUT2D eigenvalue weighted by atomic mass is 127. The van der Waals surface area contributed by atoms with Gasteiger partial charge in [0, 0.05) is 43.0 Å². The largest absolute Gasteiger partial charge is 0.357 e. The van der Waals surface area contributed by atoms with Gasteiger partial charge in [-0.15, -0.1) is 24.0 Å². The average molecular weight is 517 g/mol. The Morgan fingerprint density at radius 2 is 1.86 bits per heavy atom. The molecule has 28 heavy (non-hydrogen) atoms. The monoisotopic (exact) mass is 516 g/mol. The Bertz CT molecular complexity index is 790. The quantitative estimate of drug-likeness (QED) is 0.229. The third-order valence-electron chi connectivity index (χ3n) is 4.29. The molecule has 2 rings (SSSR count). The number of nitrogens with one attached hydrogen (secondary N) is 2. The fraction of sp³-hybridized carbons (Fsp3) is 0.429. The molecule has 0 unspecified atom stereocenters. The van der Waals surface area contributed by atoms with Crippen LogP contribution in [-0.2, 0) is 13.0 Å². The second-order valence-electron chi connectivity index (χ2n) is 6.43. The maximum Gasteiger partial charge on any atom is 0.250 e. The normalized spacial score (nSPS) is 11.0. The Hall–Kier alpha value is -1.54. The third-order valence-corrected chi connectivity index (χ3v) is 4.54. The van der Waals surface area contributed by atoms with E-state index in [4.69, 9.17) is 11.6 Å². The van der Waals surface area contributed by atoms with Crippen LogP contribution in [-0.4, -0.2) is 30.2 Å². The summed E-state index contributed by atoms with van der Waals surface area (Å²) < 4.78 is 1.82. The van der Waals surface area contributed by atoms with Crippen LogP contribution in [0.4, 0.5) is 0 Å². The van der Waals surface area contributed by atoms with Gasteiger partial charge in [-0.1, -0.05) is 29.8 Å². The van der Waals surface area contributed by atoms with Crippen LogP contribution < -0.4 is 16.2 Å². The number of rotatable bonds is 9.